The van der Waals surface area contributed by atoms with E-state index in [2.05, 4.69) is 36.4 Å². The van der Waals surface area contributed by atoms with Gasteiger partial charge in [-0.3, -0.25) is 4.79 Å². The van der Waals surface area contributed by atoms with Crippen LogP contribution in [0.25, 0.3) is 5.57 Å². The van der Waals surface area contributed by atoms with E-state index in [1.54, 1.807) is 13.0 Å². The molecule has 0 aliphatic heterocycles. The van der Waals surface area contributed by atoms with Gasteiger partial charge in [-0.1, -0.05) is 96.6 Å². The van der Waals surface area contributed by atoms with E-state index in [4.69, 9.17) is 23.7 Å². The molecule has 0 spiro atoms. The Morgan fingerprint density at radius 2 is 1.26 bits per heavy atom. The molecule has 0 saturated carbocycles. The second kappa shape index (κ2) is 16.3. The monoisotopic (exact) mass is 624 g/mol. The fourth-order valence-corrected chi connectivity index (χ4v) is 5.91. The largest absolute Gasteiger partial charge is 0.488 e. The van der Waals surface area contributed by atoms with Gasteiger partial charge < -0.3 is 23.7 Å². The molecule has 1 aliphatic rings. The van der Waals surface area contributed by atoms with Gasteiger partial charge in [0.1, 0.15) is 12.2 Å². The lowest BCUT2D eigenvalue weighted by Crippen LogP contribution is -2.34. The molecule has 0 fully saturated rings. The van der Waals surface area contributed by atoms with Crippen LogP contribution in [0.2, 0.25) is 0 Å². The van der Waals surface area contributed by atoms with Crippen molar-refractivity contribution in [3.8, 4) is 5.75 Å². The second-order valence-corrected chi connectivity index (χ2v) is 11.1. The third-order valence-electron chi connectivity index (χ3n) is 8.02. The molecule has 0 radical (unpaired) electrons. The Bertz CT molecular complexity index is 1490. The number of esters is 1. The van der Waals surface area contributed by atoms with Gasteiger partial charge >= 0.3 is 5.97 Å². The number of halogens is 1. The predicted molar refractivity (Wildman–Crippen MR) is 176 cm³/mol. The van der Waals surface area contributed by atoms with Crippen molar-refractivity contribution in [2.24, 2.45) is 0 Å². The molecule has 0 saturated heterocycles. The molecule has 1 aliphatic carbocycles. The SMILES string of the molecule is CCOC(=O)CC1=C(C)Cc2cc(F)c(OCCOCCOCCOC(c3ccccc3)(c3ccccc3)c3ccccc3)cc21. The van der Waals surface area contributed by atoms with Crippen molar-refractivity contribution in [3.63, 3.8) is 0 Å². The topological polar surface area (TPSA) is 63.2 Å². The zero-order chi connectivity index (χ0) is 32.2. The standard InChI is InChI=1S/C39H41FO6/c1-3-44-38(41)28-34-29(2)25-30-26-36(40)37(27-35(30)34)45-23-21-42-19-20-43-22-24-46-39(31-13-7-4-8-14-31,32-15-9-5-10-16-32)33-17-11-6-12-18-33/h4-18,26-27H,3,19-25,28H2,1-2H3. The van der Waals surface area contributed by atoms with E-state index in [1.807, 2.05) is 61.5 Å². The Balaban J connectivity index is 1.09. The van der Waals surface area contributed by atoms with E-state index in [0.29, 0.717) is 39.5 Å². The van der Waals surface area contributed by atoms with Gasteiger partial charge in [-0.25, -0.2) is 4.39 Å². The van der Waals surface area contributed by atoms with Crippen LogP contribution in [0.3, 0.4) is 0 Å². The number of hydrogen-bond acceptors (Lipinski definition) is 6. The fraction of sp³-hybridized carbons (Fsp3) is 0.308. The van der Waals surface area contributed by atoms with Crippen LogP contribution in [0.1, 0.15) is 48.1 Å². The van der Waals surface area contributed by atoms with Crippen molar-refractivity contribution in [2.45, 2.75) is 32.3 Å². The molecule has 4 aromatic carbocycles. The molecule has 0 aromatic heterocycles. The van der Waals surface area contributed by atoms with Gasteiger partial charge in [0.15, 0.2) is 11.6 Å². The van der Waals surface area contributed by atoms with Crippen molar-refractivity contribution in [1.82, 2.24) is 0 Å². The number of rotatable bonds is 17. The summed E-state index contributed by atoms with van der Waals surface area (Å²) in [6.07, 6.45) is 0.777. The molecule has 46 heavy (non-hydrogen) atoms. The van der Waals surface area contributed by atoms with E-state index in [0.717, 1.165) is 39.0 Å². The van der Waals surface area contributed by atoms with Crippen LogP contribution in [0.15, 0.2) is 109 Å². The van der Waals surface area contributed by atoms with E-state index in [-0.39, 0.29) is 31.4 Å². The number of allylic oxidation sites excluding steroid dienone is 1. The Kier molecular flexibility index (Phi) is 11.7. The summed E-state index contributed by atoms with van der Waals surface area (Å²) >= 11 is 0. The van der Waals surface area contributed by atoms with Crippen molar-refractivity contribution < 1.29 is 32.9 Å². The quantitative estimate of drug-likeness (QED) is 0.0688. The van der Waals surface area contributed by atoms with Crippen LogP contribution < -0.4 is 4.74 Å². The first-order valence-electron chi connectivity index (χ1n) is 15.8. The summed E-state index contributed by atoms with van der Waals surface area (Å²) < 4.78 is 43.8. The molecule has 0 atom stereocenters. The van der Waals surface area contributed by atoms with Crippen molar-refractivity contribution in [3.05, 3.63) is 142 Å². The summed E-state index contributed by atoms with van der Waals surface area (Å²) in [5.74, 6) is -0.572. The van der Waals surface area contributed by atoms with Gasteiger partial charge in [-0.2, -0.15) is 0 Å². The lowest BCUT2D eigenvalue weighted by Gasteiger charge is -2.36. The number of carbonyl (C=O) groups excluding carboxylic acids is 1. The summed E-state index contributed by atoms with van der Waals surface area (Å²) in [4.78, 5) is 12.1. The maximum atomic E-state index is 14.7. The summed E-state index contributed by atoms with van der Waals surface area (Å²) in [7, 11) is 0. The second-order valence-electron chi connectivity index (χ2n) is 11.1. The summed E-state index contributed by atoms with van der Waals surface area (Å²) in [6, 6.07) is 33.9. The average Bonchev–Trinajstić information content (AvgIpc) is 3.37. The van der Waals surface area contributed by atoms with Crippen LogP contribution in [0, 0.1) is 5.82 Å². The maximum Gasteiger partial charge on any atom is 0.310 e. The molecule has 0 N–H and O–H groups in total. The molecule has 0 unspecified atom stereocenters. The molecule has 0 bridgehead atoms. The molecule has 5 rings (SSSR count). The highest BCUT2D eigenvalue weighted by Gasteiger charge is 2.37. The minimum atomic E-state index is -0.790. The number of hydrogen-bond donors (Lipinski definition) is 0. The van der Waals surface area contributed by atoms with Crippen LogP contribution in [0.4, 0.5) is 4.39 Å². The average molecular weight is 625 g/mol. The van der Waals surface area contributed by atoms with Crippen LogP contribution in [-0.4, -0.2) is 52.2 Å². The van der Waals surface area contributed by atoms with E-state index >= 15 is 0 Å². The Morgan fingerprint density at radius 1 is 0.739 bits per heavy atom. The third-order valence-corrected chi connectivity index (χ3v) is 8.02. The first kappa shape index (κ1) is 33.1. The lowest BCUT2D eigenvalue weighted by atomic mass is 9.80. The first-order valence-corrected chi connectivity index (χ1v) is 15.8. The molecule has 0 heterocycles. The molecule has 6 nitrogen and oxygen atoms in total. The van der Waals surface area contributed by atoms with Gasteiger partial charge in [0, 0.05) is 0 Å². The first-order chi connectivity index (χ1) is 22.5. The smallest absolute Gasteiger partial charge is 0.310 e. The maximum absolute atomic E-state index is 14.7. The van der Waals surface area contributed by atoms with Crippen molar-refractivity contribution in [1.29, 1.82) is 0 Å². The highest BCUT2D eigenvalue weighted by molar-refractivity contribution is 5.89. The summed E-state index contributed by atoms with van der Waals surface area (Å²) in [5.41, 5.74) is 5.94. The molecule has 240 valence electrons. The van der Waals surface area contributed by atoms with Gasteiger partial charge in [0.25, 0.3) is 0 Å². The van der Waals surface area contributed by atoms with E-state index in [1.165, 1.54) is 6.07 Å². The van der Waals surface area contributed by atoms with E-state index < -0.39 is 11.4 Å². The van der Waals surface area contributed by atoms with Crippen molar-refractivity contribution in [2.75, 3.05) is 46.2 Å². The zero-order valence-corrected chi connectivity index (χ0v) is 26.5. The Labute approximate surface area is 270 Å². The van der Waals surface area contributed by atoms with Crippen LogP contribution in [-0.2, 0) is 35.8 Å². The lowest BCUT2D eigenvalue weighted by molar-refractivity contribution is -0.141. The van der Waals surface area contributed by atoms with Crippen LogP contribution >= 0.6 is 0 Å². The van der Waals surface area contributed by atoms with E-state index in [9.17, 15) is 9.18 Å². The molecule has 4 aromatic rings. The number of benzene rings is 4. The van der Waals surface area contributed by atoms with Gasteiger partial charge in [0.05, 0.1) is 46.1 Å². The summed E-state index contributed by atoms with van der Waals surface area (Å²) in [6.45, 7) is 6.02. The number of ether oxygens (including phenoxy) is 5. The highest BCUT2D eigenvalue weighted by atomic mass is 19.1. The minimum Gasteiger partial charge on any atom is -0.488 e. The minimum absolute atomic E-state index is 0.144. The van der Waals surface area contributed by atoms with Gasteiger partial charge in [0.2, 0.25) is 0 Å². The normalized spacial score (nSPS) is 12.7. The Morgan fingerprint density at radius 3 is 1.80 bits per heavy atom. The van der Waals surface area contributed by atoms with Crippen molar-refractivity contribution >= 4 is 11.5 Å². The number of carbonyl (C=O) groups is 1. The summed E-state index contributed by atoms with van der Waals surface area (Å²) in [5, 5.41) is 0. The van der Waals surface area contributed by atoms with Crippen LogP contribution in [0.5, 0.6) is 5.75 Å². The molecule has 7 heteroatoms. The van der Waals surface area contributed by atoms with Gasteiger partial charge in [-0.05, 0) is 65.8 Å². The predicted octanol–water partition coefficient (Wildman–Crippen LogP) is 7.53. The number of fused-ring (bicyclic) bond motifs is 1. The Hall–Kier alpha value is -4.30. The fourth-order valence-electron chi connectivity index (χ4n) is 5.91. The molecule has 0 amide bonds. The molecular weight excluding hydrogens is 583 g/mol. The zero-order valence-electron chi connectivity index (χ0n) is 26.5. The highest BCUT2D eigenvalue weighted by Crippen LogP contribution is 2.41. The third kappa shape index (κ3) is 7.91. The molecular formula is C39H41FO6. The van der Waals surface area contributed by atoms with Gasteiger partial charge in [-0.15, -0.1) is 0 Å².